The second-order valence-corrected chi connectivity index (χ2v) is 4.28. The molecule has 1 aromatic heterocycles. The first kappa shape index (κ1) is 13.9. The number of anilines is 1. The number of furan rings is 1. The number of aromatic carboxylic acids is 1. The molecule has 0 unspecified atom stereocenters. The smallest absolute Gasteiger partial charge is 0.371 e. The van der Waals surface area contributed by atoms with E-state index in [4.69, 9.17) is 21.1 Å². The van der Waals surface area contributed by atoms with Gasteiger partial charge in [-0.05, 0) is 24.3 Å². The number of nitro groups is 1. The third kappa shape index (κ3) is 3.07. The second kappa shape index (κ2) is 5.62. The van der Waals surface area contributed by atoms with Crippen molar-refractivity contribution in [3.8, 4) is 0 Å². The number of carboxylic acids is 1. The zero-order valence-electron chi connectivity index (χ0n) is 10.00. The van der Waals surface area contributed by atoms with Crippen LogP contribution in [0.3, 0.4) is 0 Å². The minimum atomic E-state index is -1.18. The van der Waals surface area contributed by atoms with Gasteiger partial charge in [0, 0.05) is 11.1 Å². The summed E-state index contributed by atoms with van der Waals surface area (Å²) in [6.07, 6.45) is 0. The van der Waals surface area contributed by atoms with Gasteiger partial charge in [-0.15, -0.1) is 0 Å². The molecule has 20 heavy (non-hydrogen) atoms. The number of nitrogens with zero attached hydrogens (tertiary/aromatic N) is 1. The Kier molecular flexibility index (Phi) is 3.90. The van der Waals surface area contributed by atoms with E-state index in [1.165, 1.54) is 30.3 Å². The molecule has 0 fully saturated rings. The largest absolute Gasteiger partial charge is 0.475 e. The maximum atomic E-state index is 10.9. The number of nitrogens with one attached hydrogen (secondary N) is 1. The van der Waals surface area contributed by atoms with E-state index in [0.717, 1.165) is 0 Å². The van der Waals surface area contributed by atoms with E-state index in [9.17, 15) is 14.9 Å². The molecule has 0 atom stereocenters. The lowest BCUT2D eigenvalue weighted by atomic mass is 10.2. The zero-order valence-corrected chi connectivity index (χ0v) is 10.8. The Morgan fingerprint density at radius 2 is 2.15 bits per heavy atom. The molecule has 0 bridgehead atoms. The Balaban J connectivity index is 2.15. The quantitative estimate of drug-likeness (QED) is 0.648. The number of benzene rings is 1. The molecule has 0 saturated carbocycles. The number of halogens is 1. The van der Waals surface area contributed by atoms with Crippen molar-refractivity contribution in [2.24, 2.45) is 0 Å². The Labute approximate surface area is 117 Å². The van der Waals surface area contributed by atoms with E-state index in [-0.39, 0.29) is 23.7 Å². The van der Waals surface area contributed by atoms with Crippen LogP contribution in [-0.2, 0) is 6.54 Å². The minimum Gasteiger partial charge on any atom is -0.475 e. The molecule has 0 aliphatic carbocycles. The van der Waals surface area contributed by atoms with Gasteiger partial charge in [0.05, 0.1) is 11.5 Å². The molecule has 0 radical (unpaired) electrons. The predicted octanol–water partition coefficient (Wildman–Crippen LogP) is 3.15. The number of rotatable bonds is 5. The molecule has 0 aliphatic heterocycles. The van der Waals surface area contributed by atoms with Crippen LogP contribution in [0.5, 0.6) is 0 Å². The summed E-state index contributed by atoms with van der Waals surface area (Å²) in [5, 5.41) is 22.7. The van der Waals surface area contributed by atoms with E-state index in [0.29, 0.717) is 10.8 Å². The summed E-state index contributed by atoms with van der Waals surface area (Å²) in [7, 11) is 0. The maximum absolute atomic E-state index is 10.9. The number of hydrogen-bond donors (Lipinski definition) is 2. The second-order valence-electron chi connectivity index (χ2n) is 3.84. The SMILES string of the molecule is O=C(O)c1ccc(CNc2cc(Cl)ccc2[N+](=O)[O-])o1. The number of carbonyl (C=O) groups is 1. The van der Waals surface area contributed by atoms with Crippen molar-refractivity contribution in [3.63, 3.8) is 0 Å². The van der Waals surface area contributed by atoms with Crippen molar-refractivity contribution in [1.82, 2.24) is 0 Å². The monoisotopic (exact) mass is 296 g/mol. The van der Waals surface area contributed by atoms with Crippen molar-refractivity contribution in [2.45, 2.75) is 6.54 Å². The lowest BCUT2D eigenvalue weighted by Gasteiger charge is -2.05. The lowest BCUT2D eigenvalue weighted by Crippen LogP contribution is -2.02. The molecule has 7 nitrogen and oxygen atoms in total. The molecule has 2 aromatic rings. The van der Waals surface area contributed by atoms with Crippen molar-refractivity contribution in [3.05, 3.63) is 57.0 Å². The van der Waals surface area contributed by atoms with E-state index in [2.05, 4.69) is 5.32 Å². The normalized spacial score (nSPS) is 10.2. The molecule has 0 spiro atoms. The highest BCUT2D eigenvalue weighted by Crippen LogP contribution is 2.28. The minimum absolute atomic E-state index is 0.106. The van der Waals surface area contributed by atoms with Gasteiger partial charge < -0.3 is 14.8 Å². The van der Waals surface area contributed by atoms with Gasteiger partial charge in [0.2, 0.25) is 5.76 Å². The van der Waals surface area contributed by atoms with Crippen molar-refractivity contribution in [2.75, 3.05) is 5.32 Å². The standard InChI is InChI=1S/C12H9ClN2O5/c13-7-1-3-10(15(18)19)9(5-7)14-6-8-2-4-11(20-8)12(16)17/h1-5,14H,6H2,(H,16,17). The van der Waals surface area contributed by atoms with Gasteiger partial charge in [-0.1, -0.05) is 11.6 Å². The van der Waals surface area contributed by atoms with Crippen LogP contribution >= 0.6 is 11.6 Å². The fourth-order valence-electron chi connectivity index (χ4n) is 1.58. The average molecular weight is 297 g/mol. The summed E-state index contributed by atoms with van der Waals surface area (Å²) in [5.74, 6) is -1.02. The van der Waals surface area contributed by atoms with E-state index in [1.807, 2.05) is 0 Å². The van der Waals surface area contributed by atoms with Crippen molar-refractivity contribution < 1.29 is 19.2 Å². The number of carboxylic acid groups (broad SMARTS) is 1. The predicted molar refractivity (Wildman–Crippen MR) is 71.1 cm³/mol. The highest BCUT2D eigenvalue weighted by Gasteiger charge is 2.15. The third-order valence-corrected chi connectivity index (χ3v) is 2.72. The first-order valence-electron chi connectivity index (χ1n) is 5.47. The molecule has 0 aliphatic rings. The molecule has 2 N–H and O–H groups in total. The fraction of sp³-hybridized carbons (Fsp3) is 0.0833. The number of hydrogen-bond acceptors (Lipinski definition) is 5. The third-order valence-electron chi connectivity index (χ3n) is 2.48. The summed E-state index contributed by atoms with van der Waals surface area (Å²) in [6, 6.07) is 6.91. The van der Waals surface area contributed by atoms with Gasteiger partial charge in [0.25, 0.3) is 5.69 Å². The molecule has 8 heteroatoms. The Morgan fingerprint density at radius 1 is 1.40 bits per heavy atom. The van der Waals surface area contributed by atoms with E-state index >= 15 is 0 Å². The van der Waals surface area contributed by atoms with E-state index in [1.54, 1.807) is 0 Å². The van der Waals surface area contributed by atoms with Crippen LogP contribution < -0.4 is 5.32 Å². The molecule has 0 amide bonds. The van der Waals surface area contributed by atoms with Gasteiger partial charge in [-0.25, -0.2) is 4.79 Å². The van der Waals surface area contributed by atoms with E-state index < -0.39 is 10.9 Å². The molecular formula is C12H9ClN2O5. The highest BCUT2D eigenvalue weighted by atomic mass is 35.5. The fourth-order valence-corrected chi connectivity index (χ4v) is 1.75. The summed E-state index contributed by atoms with van der Waals surface area (Å²) in [6.45, 7) is 0.106. The van der Waals surface area contributed by atoms with Gasteiger partial charge in [0.1, 0.15) is 11.4 Å². The highest BCUT2D eigenvalue weighted by molar-refractivity contribution is 6.31. The summed E-state index contributed by atoms with van der Waals surface area (Å²) in [4.78, 5) is 21.0. The van der Waals surface area contributed by atoms with Gasteiger partial charge in [-0.3, -0.25) is 10.1 Å². The summed E-state index contributed by atoms with van der Waals surface area (Å²) >= 11 is 5.79. The van der Waals surface area contributed by atoms with Crippen molar-refractivity contribution in [1.29, 1.82) is 0 Å². The van der Waals surface area contributed by atoms with Crippen LogP contribution in [0.2, 0.25) is 5.02 Å². The van der Waals surface area contributed by atoms with Gasteiger partial charge in [0.15, 0.2) is 0 Å². The first-order chi connectivity index (χ1) is 9.47. The van der Waals surface area contributed by atoms with Gasteiger partial charge in [-0.2, -0.15) is 0 Å². The Morgan fingerprint density at radius 3 is 2.75 bits per heavy atom. The average Bonchev–Trinajstić information content (AvgIpc) is 2.85. The molecular weight excluding hydrogens is 288 g/mol. The first-order valence-corrected chi connectivity index (χ1v) is 5.85. The molecule has 1 heterocycles. The maximum Gasteiger partial charge on any atom is 0.371 e. The van der Waals surface area contributed by atoms with Crippen LogP contribution in [0.25, 0.3) is 0 Å². The molecule has 104 valence electrons. The molecule has 1 aromatic carbocycles. The van der Waals surface area contributed by atoms with Crippen LogP contribution in [0, 0.1) is 10.1 Å². The topological polar surface area (TPSA) is 106 Å². The molecule has 2 rings (SSSR count). The van der Waals surface area contributed by atoms with Crippen LogP contribution in [-0.4, -0.2) is 16.0 Å². The number of nitro benzene ring substituents is 1. The van der Waals surface area contributed by atoms with Crippen molar-refractivity contribution >= 4 is 28.9 Å². The Hall–Kier alpha value is -2.54. The van der Waals surface area contributed by atoms with Gasteiger partial charge >= 0.3 is 5.97 Å². The van der Waals surface area contributed by atoms with Crippen LogP contribution in [0.1, 0.15) is 16.3 Å². The zero-order chi connectivity index (χ0) is 14.7. The Bertz CT molecular complexity index is 668. The summed E-state index contributed by atoms with van der Waals surface area (Å²) < 4.78 is 5.03. The molecule has 0 saturated heterocycles. The lowest BCUT2D eigenvalue weighted by molar-refractivity contribution is -0.384. The van der Waals surface area contributed by atoms with Crippen LogP contribution in [0.15, 0.2) is 34.7 Å². The summed E-state index contributed by atoms with van der Waals surface area (Å²) in [5.41, 5.74) is 0.107. The van der Waals surface area contributed by atoms with Crippen LogP contribution in [0.4, 0.5) is 11.4 Å².